The van der Waals surface area contributed by atoms with E-state index in [4.69, 9.17) is 5.73 Å². The Balaban J connectivity index is 2.38. The Morgan fingerprint density at radius 3 is 2.75 bits per heavy atom. The molecule has 92 valence electrons. The standard InChI is InChI=1S/C10H15F3N2O/c1-2-8(14)7-3-4-9(15-5-7)16-6-10(11,12)13/h3,5,8-9H,2,4,6,14H2,1H3. The number of ether oxygens (including phenoxy) is 1. The topological polar surface area (TPSA) is 47.6 Å². The summed E-state index contributed by atoms with van der Waals surface area (Å²) in [6, 6.07) is -0.104. The summed E-state index contributed by atoms with van der Waals surface area (Å²) < 4.78 is 40.2. The minimum atomic E-state index is -4.31. The Kier molecular flexibility index (Phi) is 4.49. The maximum absolute atomic E-state index is 11.9. The first kappa shape index (κ1) is 13.2. The molecule has 2 atom stereocenters. The maximum Gasteiger partial charge on any atom is 0.411 e. The van der Waals surface area contributed by atoms with Gasteiger partial charge in [-0.25, -0.2) is 0 Å². The summed E-state index contributed by atoms with van der Waals surface area (Å²) in [7, 11) is 0. The number of halogens is 3. The van der Waals surface area contributed by atoms with Crippen molar-refractivity contribution >= 4 is 6.21 Å². The van der Waals surface area contributed by atoms with Crippen LogP contribution in [0.4, 0.5) is 13.2 Å². The van der Waals surface area contributed by atoms with Crippen LogP contribution in [0.25, 0.3) is 0 Å². The fourth-order valence-electron chi connectivity index (χ4n) is 1.30. The van der Waals surface area contributed by atoms with Gasteiger partial charge in [0.15, 0.2) is 6.23 Å². The zero-order valence-electron chi connectivity index (χ0n) is 9.00. The van der Waals surface area contributed by atoms with Crippen molar-refractivity contribution in [2.75, 3.05) is 6.61 Å². The molecule has 2 N–H and O–H groups in total. The molecule has 0 aliphatic carbocycles. The van der Waals surface area contributed by atoms with E-state index in [-0.39, 0.29) is 6.04 Å². The predicted octanol–water partition coefficient (Wildman–Crippen LogP) is 2.03. The molecule has 0 saturated heterocycles. The van der Waals surface area contributed by atoms with Crippen molar-refractivity contribution in [3.63, 3.8) is 0 Å². The molecule has 0 aromatic heterocycles. The van der Waals surface area contributed by atoms with Crippen molar-refractivity contribution in [2.24, 2.45) is 10.7 Å². The van der Waals surface area contributed by atoms with Gasteiger partial charge in [0.05, 0.1) is 0 Å². The van der Waals surface area contributed by atoms with Gasteiger partial charge >= 0.3 is 6.18 Å². The van der Waals surface area contributed by atoms with Gasteiger partial charge in [-0.1, -0.05) is 13.0 Å². The number of rotatable bonds is 4. The molecule has 1 rings (SSSR count). The normalized spacial score (nSPS) is 23.1. The van der Waals surface area contributed by atoms with Gasteiger partial charge in [-0.05, 0) is 12.0 Å². The average Bonchev–Trinajstić information content (AvgIpc) is 2.25. The number of alkyl halides is 3. The van der Waals surface area contributed by atoms with Crippen LogP contribution in [0.1, 0.15) is 19.8 Å². The third-order valence-electron chi connectivity index (χ3n) is 2.25. The third kappa shape index (κ3) is 4.32. The highest BCUT2D eigenvalue weighted by Crippen LogP contribution is 2.19. The van der Waals surface area contributed by atoms with Crippen molar-refractivity contribution in [1.29, 1.82) is 0 Å². The molecule has 0 saturated carbocycles. The van der Waals surface area contributed by atoms with Gasteiger partial charge in [0.2, 0.25) is 0 Å². The van der Waals surface area contributed by atoms with E-state index in [1.807, 2.05) is 6.92 Å². The summed E-state index contributed by atoms with van der Waals surface area (Å²) in [6.45, 7) is 0.670. The summed E-state index contributed by atoms with van der Waals surface area (Å²) in [5, 5.41) is 0. The van der Waals surface area contributed by atoms with E-state index in [1.54, 1.807) is 6.08 Å². The molecule has 0 aromatic carbocycles. The molecule has 0 bridgehead atoms. The van der Waals surface area contributed by atoms with Gasteiger partial charge in [0.25, 0.3) is 0 Å². The molecule has 0 aromatic rings. The van der Waals surface area contributed by atoms with Crippen LogP contribution >= 0.6 is 0 Å². The number of nitrogens with zero attached hydrogens (tertiary/aromatic N) is 1. The molecule has 1 aliphatic heterocycles. The van der Waals surface area contributed by atoms with Crippen LogP contribution in [0.2, 0.25) is 0 Å². The van der Waals surface area contributed by atoms with Gasteiger partial charge in [0, 0.05) is 18.7 Å². The molecule has 0 spiro atoms. The highest BCUT2D eigenvalue weighted by Gasteiger charge is 2.29. The highest BCUT2D eigenvalue weighted by atomic mass is 19.4. The summed E-state index contributed by atoms with van der Waals surface area (Å²) in [4.78, 5) is 3.89. The summed E-state index contributed by atoms with van der Waals surface area (Å²) in [5.74, 6) is 0. The zero-order chi connectivity index (χ0) is 12.2. The first-order chi connectivity index (χ1) is 7.42. The zero-order valence-corrected chi connectivity index (χ0v) is 9.00. The number of nitrogens with two attached hydrogens (primary N) is 1. The van der Waals surface area contributed by atoms with E-state index in [0.29, 0.717) is 6.42 Å². The maximum atomic E-state index is 11.9. The monoisotopic (exact) mass is 236 g/mol. The first-order valence-electron chi connectivity index (χ1n) is 5.09. The lowest BCUT2D eigenvalue weighted by molar-refractivity contribution is -0.184. The summed E-state index contributed by atoms with van der Waals surface area (Å²) >= 11 is 0. The molecular formula is C10H15F3N2O. The summed E-state index contributed by atoms with van der Waals surface area (Å²) in [5.41, 5.74) is 6.61. The van der Waals surface area contributed by atoms with Gasteiger partial charge in [0.1, 0.15) is 6.61 Å². The molecule has 0 radical (unpaired) electrons. The van der Waals surface area contributed by atoms with E-state index >= 15 is 0 Å². The van der Waals surface area contributed by atoms with Crippen molar-refractivity contribution in [2.45, 2.75) is 38.2 Å². The van der Waals surface area contributed by atoms with Crippen LogP contribution in [0.15, 0.2) is 16.6 Å². The lowest BCUT2D eigenvalue weighted by Gasteiger charge is -2.19. The Morgan fingerprint density at radius 1 is 1.62 bits per heavy atom. The molecule has 1 heterocycles. The van der Waals surface area contributed by atoms with E-state index in [1.165, 1.54) is 6.21 Å². The van der Waals surface area contributed by atoms with Crippen molar-refractivity contribution < 1.29 is 17.9 Å². The van der Waals surface area contributed by atoms with E-state index in [2.05, 4.69) is 9.73 Å². The Labute approximate surface area is 92.2 Å². The van der Waals surface area contributed by atoms with Gasteiger partial charge in [-0.2, -0.15) is 13.2 Å². The fourth-order valence-corrected chi connectivity index (χ4v) is 1.30. The number of hydrogen-bond donors (Lipinski definition) is 1. The first-order valence-corrected chi connectivity index (χ1v) is 5.09. The second kappa shape index (κ2) is 5.45. The number of aliphatic imine (C=N–C) groups is 1. The third-order valence-corrected chi connectivity index (χ3v) is 2.25. The second-order valence-electron chi connectivity index (χ2n) is 3.61. The molecule has 0 amide bonds. The minimum absolute atomic E-state index is 0.104. The second-order valence-corrected chi connectivity index (χ2v) is 3.61. The van der Waals surface area contributed by atoms with Crippen molar-refractivity contribution in [1.82, 2.24) is 0 Å². The Morgan fingerprint density at radius 2 is 2.31 bits per heavy atom. The molecular weight excluding hydrogens is 221 g/mol. The molecule has 3 nitrogen and oxygen atoms in total. The molecule has 0 fully saturated rings. The Hall–Kier alpha value is -0.880. The van der Waals surface area contributed by atoms with Crippen LogP contribution in [0.5, 0.6) is 0 Å². The van der Waals surface area contributed by atoms with Crippen LogP contribution in [0.3, 0.4) is 0 Å². The fraction of sp³-hybridized carbons (Fsp3) is 0.700. The molecule has 2 unspecified atom stereocenters. The Bertz CT molecular complexity index is 286. The predicted molar refractivity (Wildman–Crippen MR) is 55.3 cm³/mol. The van der Waals surface area contributed by atoms with Gasteiger partial charge in [-0.3, -0.25) is 4.99 Å². The van der Waals surface area contributed by atoms with Crippen LogP contribution in [0, 0.1) is 0 Å². The lowest BCUT2D eigenvalue weighted by atomic mass is 10.0. The molecule has 1 aliphatic rings. The quantitative estimate of drug-likeness (QED) is 0.811. The van der Waals surface area contributed by atoms with E-state index < -0.39 is 19.0 Å². The van der Waals surface area contributed by atoms with Crippen LogP contribution < -0.4 is 5.73 Å². The highest BCUT2D eigenvalue weighted by molar-refractivity contribution is 5.81. The van der Waals surface area contributed by atoms with Crippen LogP contribution in [-0.4, -0.2) is 31.3 Å². The van der Waals surface area contributed by atoms with Crippen LogP contribution in [-0.2, 0) is 4.74 Å². The summed E-state index contributed by atoms with van der Waals surface area (Å²) in [6.07, 6.45) is -0.656. The van der Waals surface area contributed by atoms with E-state index in [0.717, 1.165) is 12.0 Å². The lowest BCUT2D eigenvalue weighted by Crippen LogP contribution is -2.27. The molecule has 6 heteroatoms. The van der Waals surface area contributed by atoms with Gasteiger partial charge < -0.3 is 10.5 Å². The smallest absolute Gasteiger partial charge is 0.347 e. The average molecular weight is 236 g/mol. The minimum Gasteiger partial charge on any atom is -0.347 e. The largest absolute Gasteiger partial charge is 0.411 e. The van der Waals surface area contributed by atoms with Crippen molar-refractivity contribution in [3.05, 3.63) is 11.6 Å². The SMILES string of the molecule is CCC(N)C1=CCC(OCC(F)(F)F)N=C1. The van der Waals surface area contributed by atoms with E-state index in [9.17, 15) is 13.2 Å². The molecule has 16 heavy (non-hydrogen) atoms. The number of dihydropyridines is 1. The van der Waals surface area contributed by atoms with Gasteiger partial charge in [-0.15, -0.1) is 0 Å². The number of hydrogen-bond acceptors (Lipinski definition) is 3. The van der Waals surface area contributed by atoms with Crippen molar-refractivity contribution in [3.8, 4) is 0 Å².